The number of hydrogen-bond donors (Lipinski definition) is 2. The highest BCUT2D eigenvalue weighted by Crippen LogP contribution is 2.17. The van der Waals surface area contributed by atoms with E-state index >= 15 is 0 Å². The highest BCUT2D eigenvalue weighted by molar-refractivity contribution is 7.91. The summed E-state index contributed by atoms with van der Waals surface area (Å²) in [6.45, 7) is 4.19. The summed E-state index contributed by atoms with van der Waals surface area (Å²) in [7, 11) is -3.61. The summed E-state index contributed by atoms with van der Waals surface area (Å²) in [5.74, 6) is -1.95. The fraction of sp³-hybridized carbons (Fsp3) is 0.400. The molecule has 1 aromatic carbocycles. The molecule has 0 spiro atoms. The van der Waals surface area contributed by atoms with Crippen LogP contribution in [0.15, 0.2) is 29.2 Å². The number of sulfone groups is 1. The maximum absolute atomic E-state index is 12.0. The Morgan fingerprint density at radius 3 is 2.38 bits per heavy atom. The van der Waals surface area contributed by atoms with Gasteiger partial charge in [0.2, 0.25) is 0 Å². The molecule has 0 saturated carbocycles. The molecule has 0 aliphatic carbocycles. The average molecular weight is 356 g/mol. The van der Waals surface area contributed by atoms with Gasteiger partial charge in [0.25, 0.3) is 5.91 Å². The number of rotatable bonds is 6. The van der Waals surface area contributed by atoms with Gasteiger partial charge < -0.3 is 10.1 Å². The minimum Gasteiger partial charge on any atom is -0.452 e. The van der Waals surface area contributed by atoms with E-state index in [1.165, 1.54) is 31.2 Å². The smallest absolute Gasteiger partial charge is 0.339 e. The molecular weight excluding hydrogens is 336 g/mol. The third-order valence-electron chi connectivity index (χ3n) is 2.83. The van der Waals surface area contributed by atoms with Crippen LogP contribution in [0, 0.1) is 0 Å². The Hall–Kier alpha value is -2.42. The predicted molar refractivity (Wildman–Crippen MR) is 86.3 cm³/mol. The fourth-order valence-electron chi connectivity index (χ4n) is 1.73. The Bertz CT molecular complexity index is 727. The van der Waals surface area contributed by atoms with Crippen LogP contribution in [0.4, 0.5) is 4.79 Å². The zero-order chi connectivity index (χ0) is 18.3. The maximum atomic E-state index is 12.0. The molecule has 8 nitrogen and oxygen atoms in total. The lowest BCUT2D eigenvalue weighted by molar-refractivity contribution is -0.123. The molecule has 0 unspecified atom stereocenters. The molecule has 9 heteroatoms. The van der Waals surface area contributed by atoms with Crippen LogP contribution < -0.4 is 10.6 Å². The van der Waals surface area contributed by atoms with E-state index in [9.17, 15) is 22.8 Å². The van der Waals surface area contributed by atoms with Crippen molar-refractivity contribution >= 4 is 27.7 Å². The molecule has 3 amide bonds. The van der Waals surface area contributed by atoms with E-state index in [0.717, 1.165) is 0 Å². The third kappa shape index (κ3) is 5.65. The lowest BCUT2D eigenvalue weighted by atomic mass is 10.2. The number of nitrogens with one attached hydrogen (secondary N) is 2. The molecule has 0 saturated heterocycles. The summed E-state index contributed by atoms with van der Waals surface area (Å²) in [4.78, 5) is 34.8. The van der Waals surface area contributed by atoms with E-state index in [4.69, 9.17) is 4.74 Å². The summed E-state index contributed by atoms with van der Waals surface area (Å²) in [5, 5.41) is 4.43. The van der Waals surface area contributed by atoms with Gasteiger partial charge in [-0.1, -0.05) is 19.1 Å². The van der Waals surface area contributed by atoms with E-state index < -0.39 is 34.4 Å². The first kappa shape index (κ1) is 19.6. The van der Waals surface area contributed by atoms with Gasteiger partial charge in [0, 0.05) is 6.04 Å². The monoisotopic (exact) mass is 356 g/mol. The third-order valence-corrected chi connectivity index (χ3v) is 4.62. The van der Waals surface area contributed by atoms with Gasteiger partial charge in [0.15, 0.2) is 16.4 Å². The number of amides is 3. The second-order valence-corrected chi connectivity index (χ2v) is 7.40. The Morgan fingerprint density at radius 1 is 1.17 bits per heavy atom. The molecule has 2 N–H and O–H groups in total. The number of imide groups is 1. The molecule has 0 heterocycles. The van der Waals surface area contributed by atoms with Crippen molar-refractivity contribution in [1.82, 2.24) is 10.6 Å². The van der Waals surface area contributed by atoms with E-state index in [-0.39, 0.29) is 22.3 Å². The Kier molecular flexibility index (Phi) is 6.90. The van der Waals surface area contributed by atoms with Crippen molar-refractivity contribution in [3.63, 3.8) is 0 Å². The molecule has 0 fully saturated rings. The first-order chi connectivity index (χ1) is 11.2. The van der Waals surface area contributed by atoms with Crippen molar-refractivity contribution in [3.8, 4) is 0 Å². The maximum Gasteiger partial charge on any atom is 0.339 e. The van der Waals surface area contributed by atoms with E-state index in [2.05, 4.69) is 5.32 Å². The summed E-state index contributed by atoms with van der Waals surface area (Å²) >= 11 is 0. The lowest BCUT2D eigenvalue weighted by Gasteiger charge is -2.11. The topological polar surface area (TPSA) is 119 Å². The summed E-state index contributed by atoms with van der Waals surface area (Å²) in [6, 6.07) is 4.70. The largest absolute Gasteiger partial charge is 0.452 e. The Balaban J connectivity index is 2.74. The van der Waals surface area contributed by atoms with Crippen molar-refractivity contribution in [2.24, 2.45) is 0 Å². The summed E-state index contributed by atoms with van der Waals surface area (Å²) in [6.07, 6.45) is 0. The summed E-state index contributed by atoms with van der Waals surface area (Å²) < 4.78 is 28.7. The van der Waals surface area contributed by atoms with Gasteiger partial charge in [-0.25, -0.2) is 18.0 Å². The van der Waals surface area contributed by atoms with Crippen molar-refractivity contribution in [1.29, 1.82) is 0 Å². The minimum absolute atomic E-state index is 0.154. The van der Waals surface area contributed by atoms with E-state index in [1.54, 1.807) is 13.8 Å². The number of ether oxygens (including phenoxy) is 1. The Labute approximate surface area is 140 Å². The fourth-order valence-corrected chi connectivity index (χ4v) is 2.82. The number of hydrogen-bond acceptors (Lipinski definition) is 6. The van der Waals surface area contributed by atoms with Crippen LogP contribution in [0.2, 0.25) is 0 Å². The van der Waals surface area contributed by atoms with Crippen molar-refractivity contribution in [2.75, 3.05) is 12.4 Å². The van der Waals surface area contributed by atoms with Gasteiger partial charge >= 0.3 is 12.0 Å². The van der Waals surface area contributed by atoms with Crippen LogP contribution >= 0.6 is 0 Å². The second kappa shape index (κ2) is 8.44. The van der Waals surface area contributed by atoms with Gasteiger partial charge in [-0.3, -0.25) is 10.1 Å². The quantitative estimate of drug-likeness (QED) is 0.730. The average Bonchev–Trinajstić information content (AvgIpc) is 2.51. The molecule has 1 aromatic rings. The van der Waals surface area contributed by atoms with Crippen LogP contribution in [0.25, 0.3) is 0 Å². The van der Waals surface area contributed by atoms with Gasteiger partial charge in [-0.05, 0) is 26.0 Å². The standard InChI is InChI=1S/C15H20N2O6S/c1-4-24(21,22)12-8-6-5-7-11(12)14(19)23-9-13(18)17-15(20)16-10(2)3/h5-8,10H,4,9H2,1-3H3,(H2,16,17,18,20). The van der Waals surface area contributed by atoms with Gasteiger partial charge in [0.1, 0.15) is 0 Å². The number of carbonyl (C=O) groups is 3. The SMILES string of the molecule is CCS(=O)(=O)c1ccccc1C(=O)OCC(=O)NC(=O)NC(C)C. The molecule has 0 aliphatic rings. The van der Waals surface area contributed by atoms with Gasteiger partial charge in [-0.2, -0.15) is 0 Å². The minimum atomic E-state index is -3.61. The van der Waals surface area contributed by atoms with Crippen LogP contribution in [0.5, 0.6) is 0 Å². The van der Waals surface area contributed by atoms with Crippen LogP contribution in [0.1, 0.15) is 31.1 Å². The highest BCUT2D eigenvalue weighted by atomic mass is 32.2. The lowest BCUT2D eigenvalue weighted by Crippen LogP contribution is -2.44. The van der Waals surface area contributed by atoms with Crippen molar-refractivity contribution in [3.05, 3.63) is 29.8 Å². The highest BCUT2D eigenvalue weighted by Gasteiger charge is 2.22. The first-order valence-electron chi connectivity index (χ1n) is 7.26. The van der Waals surface area contributed by atoms with E-state index in [0.29, 0.717) is 0 Å². The zero-order valence-corrected chi connectivity index (χ0v) is 14.5. The molecule has 0 bridgehead atoms. The normalized spacial score (nSPS) is 11.0. The summed E-state index contributed by atoms with van der Waals surface area (Å²) in [5.41, 5.74) is -0.154. The predicted octanol–water partition coefficient (Wildman–Crippen LogP) is 0.871. The van der Waals surface area contributed by atoms with E-state index in [1.807, 2.05) is 5.32 Å². The molecule has 0 atom stereocenters. The molecule has 132 valence electrons. The number of carbonyl (C=O) groups excluding carboxylic acids is 3. The molecule has 0 aliphatic heterocycles. The number of benzene rings is 1. The van der Waals surface area contributed by atoms with Crippen LogP contribution in [-0.4, -0.2) is 44.7 Å². The Morgan fingerprint density at radius 2 is 1.79 bits per heavy atom. The second-order valence-electron chi connectivity index (χ2n) is 5.15. The van der Waals surface area contributed by atoms with Crippen molar-refractivity contribution in [2.45, 2.75) is 31.7 Å². The molecule has 0 aromatic heterocycles. The van der Waals surface area contributed by atoms with Crippen LogP contribution in [-0.2, 0) is 19.4 Å². The van der Waals surface area contributed by atoms with Crippen molar-refractivity contribution < 1.29 is 27.5 Å². The van der Waals surface area contributed by atoms with Gasteiger partial charge in [0.05, 0.1) is 16.2 Å². The van der Waals surface area contributed by atoms with Gasteiger partial charge in [-0.15, -0.1) is 0 Å². The molecule has 24 heavy (non-hydrogen) atoms. The molecule has 1 rings (SSSR count). The number of esters is 1. The van der Waals surface area contributed by atoms with Crippen LogP contribution in [0.3, 0.4) is 0 Å². The first-order valence-corrected chi connectivity index (χ1v) is 8.91. The molecule has 0 radical (unpaired) electrons. The molecular formula is C15H20N2O6S. The number of urea groups is 1. The zero-order valence-electron chi connectivity index (χ0n) is 13.7.